The molecular weight excluding hydrogens is 272 g/mol. The van der Waals surface area contributed by atoms with Crippen LogP contribution in [0, 0.1) is 0 Å². The Labute approximate surface area is 121 Å². The van der Waals surface area contributed by atoms with E-state index in [-0.39, 0.29) is 5.91 Å². The minimum atomic E-state index is -0.292. The summed E-state index contributed by atoms with van der Waals surface area (Å²) in [5, 5.41) is 2.74. The lowest BCUT2D eigenvalue weighted by atomic mass is 10.1. The summed E-state index contributed by atoms with van der Waals surface area (Å²) in [7, 11) is 3.70. The van der Waals surface area contributed by atoms with Gasteiger partial charge in [-0.2, -0.15) is 0 Å². The van der Waals surface area contributed by atoms with Crippen molar-refractivity contribution in [3.8, 4) is 0 Å². The lowest BCUT2D eigenvalue weighted by Gasteiger charge is -2.12. The van der Waals surface area contributed by atoms with Gasteiger partial charge in [-0.05, 0) is 0 Å². The molecule has 3 rings (SSSR count). The molecule has 0 fully saturated rings. The van der Waals surface area contributed by atoms with Crippen LogP contribution in [0.1, 0.15) is 21.7 Å². The smallest absolute Gasteiger partial charge is 0.291 e. The van der Waals surface area contributed by atoms with Crippen molar-refractivity contribution in [3.05, 3.63) is 35.5 Å². The molecule has 7 nitrogen and oxygen atoms in total. The highest BCUT2D eigenvalue weighted by molar-refractivity contribution is 6.03. The van der Waals surface area contributed by atoms with Crippen LogP contribution in [0.3, 0.4) is 0 Å². The summed E-state index contributed by atoms with van der Waals surface area (Å²) in [5.74, 6) is 0.630. The monoisotopic (exact) mass is 288 g/mol. The number of rotatable bonds is 3. The van der Waals surface area contributed by atoms with Crippen molar-refractivity contribution < 1.29 is 13.9 Å². The number of anilines is 2. The summed E-state index contributed by atoms with van der Waals surface area (Å²) in [5.41, 5.74) is 2.39. The number of amides is 1. The van der Waals surface area contributed by atoms with Crippen LogP contribution in [0.2, 0.25) is 0 Å². The van der Waals surface area contributed by atoms with Crippen LogP contribution in [-0.4, -0.2) is 36.6 Å². The van der Waals surface area contributed by atoms with Gasteiger partial charge in [0.1, 0.15) is 0 Å². The van der Waals surface area contributed by atoms with Crippen LogP contribution < -0.4 is 10.2 Å². The minimum absolute atomic E-state index is 0.292. The molecule has 0 saturated carbocycles. The molecule has 21 heavy (non-hydrogen) atoms. The van der Waals surface area contributed by atoms with E-state index >= 15 is 0 Å². The molecule has 0 spiro atoms. The summed E-state index contributed by atoms with van der Waals surface area (Å²) < 4.78 is 10.7. The molecule has 0 atom stereocenters. The molecule has 0 saturated heterocycles. The highest BCUT2D eigenvalue weighted by Crippen LogP contribution is 2.23. The van der Waals surface area contributed by atoms with E-state index in [1.54, 1.807) is 23.6 Å². The van der Waals surface area contributed by atoms with E-state index in [1.807, 2.05) is 14.1 Å². The second-order valence-electron chi connectivity index (χ2n) is 4.99. The Morgan fingerprint density at radius 1 is 1.33 bits per heavy atom. The molecule has 0 radical (unpaired) electrons. The third-order valence-corrected chi connectivity index (χ3v) is 3.24. The second-order valence-corrected chi connectivity index (χ2v) is 4.99. The highest BCUT2D eigenvalue weighted by Gasteiger charge is 2.22. The van der Waals surface area contributed by atoms with Crippen LogP contribution in [-0.2, 0) is 17.8 Å². The number of carbonyl (C=O) groups excluding carboxylic acids is 1. The molecule has 0 unspecified atom stereocenters. The number of aromatic nitrogens is 2. The van der Waals surface area contributed by atoms with Crippen molar-refractivity contribution in [3.63, 3.8) is 0 Å². The number of hydrogen-bond acceptors (Lipinski definition) is 6. The molecule has 0 bridgehead atoms. The van der Waals surface area contributed by atoms with Crippen LogP contribution in [0.25, 0.3) is 0 Å². The number of ether oxygens (including phenoxy) is 1. The number of furan rings is 1. The SMILES string of the molecule is CN(C)c1ncc(NC(=O)c2occ3c2CCOC3)cn1. The Kier molecular flexibility index (Phi) is 3.57. The fourth-order valence-corrected chi connectivity index (χ4v) is 2.16. The molecule has 2 aromatic heterocycles. The van der Waals surface area contributed by atoms with Crippen molar-refractivity contribution in [1.82, 2.24) is 9.97 Å². The topological polar surface area (TPSA) is 80.5 Å². The van der Waals surface area contributed by atoms with Gasteiger partial charge < -0.3 is 19.4 Å². The van der Waals surface area contributed by atoms with Crippen LogP contribution in [0.15, 0.2) is 23.1 Å². The zero-order valence-corrected chi connectivity index (χ0v) is 11.9. The van der Waals surface area contributed by atoms with Gasteiger partial charge in [-0.3, -0.25) is 4.79 Å². The normalized spacial score (nSPS) is 13.6. The molecule has 1 aliphatic heterocycles. The summed E-state index contributed by atoms with van der Waals surface area (Å²) in [6.45, 7) is 1.10. The molecule has 7 heteroatoms. The van der Waals surface area contributed by atoms with E-state index in [1.165, 1.54) is 0 Å². The molecule has 1 amide bonds. The fourth-order valence-electron chi connectivity index (χ4n) is 2.16. The maximum Gasteiger partial charge on any atom is 0.291 e. The quantitative estimate of drug-likeness (QED) is 0.921. The van der Waals surface area contributed by atoms with Gasteiger partial charge >= 0.3 is 0 Å². The van der Waals surface area contributed by atoms with Crippen molar-refractivity contribution in [2.24, 2.45) is 0 Å². The Morgan fingerprint density at radius 3 is 2.81 bits per heavy atom. The second kappa shape index (κ2) is 5.53. The van der Waals surface area contributed by atoms with E-state index in [9.17, 15) is 4.79 Å². The minimum Gasteiger partial charge on any atom is -0.458 e. The van der Waals surface area contributed by atoms with Gasteiger partial charge in [0.2, 0.25) is 5.95 Å². The van der Waals surface area contributed by atoms with Crippen LogP contribution in [0.4, 0.5) is 11.6 Å². The Hall–Kier alpha value is -2.41. The van der Waals surface area contributed by atoms with Crippen molar-refractivity contribution >= 4 is 17.5 Å². The predicted molar refractivity (Wildman–Crippen MR) is 76.4 cm³/mol. The first-order valence-electron chi connectivity index (χ1n) is 6.63. The van der Waals surface area contributed by atoms with Gasteiger partial charge in [0.05, 0.1) is 37.6 Å². The van der Waals surface area contributed by atoms with Crippen molar-refractivity contribution in [2.75, 3.05) is 30.9 Å². The number of carbonyl (C=O) groups is 1. The molecule has 0 aromatic carbocycles. The van der Waals surface area contributed by atoms with Gasteiger partial charge in [-0.25, -0.2) is 9.97 Å². The summed E-state index contributed by atoms with van der Waals surface area (Å²) in [6, 6.07) is 0. The highest BCUT2D eigenvalue weighted by atomic mass is 16.5. The lowest BCUT2D eigenvalue weighted by molar-refractivity contribution is 0.0988. The predicted octanol–water partition coefficient (Wildman–Crippen LogP) is 1.46. The van der Waals surface area contributed by atoms with Crippen molar-refractivity contribution in [1.29, 1.82) is 0 Å². The van der Waals surface area contributed by atoms with E-state index in [0.717, 1.165) is 11.1 Å². The van der Waals surface area contributed by atoms with Gasteiger partial charge in [-0.15, -0.1) is 0 Å². The number of hydrogen-bond donors (Lipinski definition) is 1. The summed E-state index contributed by atoms with van der Waals surface area (Å²) in [4.78, 5) is 22.3. The van der Waals surface area contributed by atoms with Crippen LogP contribution in [0.5, 0.6) is 0 Å². The van der Waals surface area contributed by atoms with Crippen molar-refractivity contribution in [2.45, 2.75) is 13.0 Å². The number of nitrogens with zero attached hydrogens (tertiary/aromatic N) is 3. The lowest BCUT2D eigenvalue weighted by Crippen LogP contribution is -2.17. The van der Waals surface area contributed by atoms with Gasteiger partial charge in [0.15, 0.2) is 5.76 Å². The largest absolute Gasteiger partial charge is 0.458 e. The van der Waals surface area contributed by atoms with Gasteiger partial charge in [-0.1, -0.05) is 0 Å². The van der Waals surface area contributed by atoms with E-state index in [2.05, 4.69) is 15.3 Å². The first kappa shape index (κ1) is 13.6. The zero-order valence-electron chi connectivity index (χ0n) is 11.9. The van der Waals surface area contributed by atoms with E-state index in [4.69, 9.17) is 9.15 Å². The van der Waals surface area contributed by atoms with E-state index < -0.39 is 0 Å². The average molecular weight is 288 g/mol. The maximum absolute atomic E-state index is 12.3. The molecule has 0 aliphatic carbocycles. The zero-order chi connectivity index (χ0) is 14.8. The third-order valence-electron chi connectivity index (χ3n) is 3.24. The molecule has 2 aromatic rings. The molecular formula is C14H16N4O3. The fraction of sp³-hybridized carbons (Fsp3) is 0.357. The molecule has 3 heterocycles. The third kappa shape index (κ3) is 2.73. The standard InChI is InChI=1S/C14H16N4O3/c1-18(2)14-15-5-10(6-16-14)17-13(19)12-11-3-4-20-7-9(11)8-21-12/h5-6,8H,3-4,7H2,1-2H3,(H,17,19). The average Bonchev–Trinajstić information content (AvgIpc) is 2.92. The number of nitrogens with one attached hydrogen (secondary N) is 1. The first-order chi connectivity index (χ1) is 10.1. The molecule has 110 valence electrons. The molecule has 1 aliphatic rings. The maximum atomic E-state index is 12.3. The number of fused-ring (bicyclic) bond motifs is 1. The summed E-state index contributed by atoms with van der Waals surface area (Å²) in [6.07, 6.45) is 5.40. The molecule has 1 N–H and O–H groups in total. The Balaban J connectivity index is 1.75. The van der Waals surface area contributed by atoms with E-state index in [0.29, 0.717) is 37.0 Å². The van der Waals surface area contributed by atoms with Gasteiger partial charge in [0.25, 0.3) is 5.91 Å². The van der Waals surface area contributed by atoms with Crippen LogP contribution >= 0.6 is 0 Å². The Bertz CT molecular complexity index is 649. The first-order valence-corrected chi connectivity index (χ1v) is 6.63. The summed E-state index contributed by atoms with van der Waals surface area (Å²) >= 11 is 0. The van der Waals surface area contributed by atoms with Gasteiger partial charge in [0, 0.05) is 31.6 Å². The Morgan fingerprint density at radius 2 is 2.10 bits per heavy atom.